The first kappa shape index (κ1) is 34.7. The summed E-state index contributed by atoms with van der Waals surface area (Å²) in [4.78, 5) is 24.4. The van der Waals surface area contributed by atoms with E-state index in [0.29, 0.717) is 0 Å². The third-order valence-electron chi connectivity index (χ3n) is 9.12. The molecule has 2 saturated carbocycles. The van der Waals surface area contributed by atoms with Crippen molar-refractivity contribution in [3.8, 4) is 0 Å². The normalized spacial score (nSPS) is 16.8. The van der Waals surface area contributed by atoms with Crippen LogP contribution in [0.5, 0.6) is 0 Å². The molecule has 9 heteroatoms. The van der Waals surface area contributed by atoms with Crippen LogP contribution in [0.4, 0.5) is 8.78 Å². The average Bonchev–Trinajstić information content (AvgIpc) is 2.98. The lowest BCUT2D eigenvalue weighted by atomic mass is 9.73. The Kier molecular flexibility index (Phi) is 12.7. The van der Waals surface area contributed by atoms with Gasteiger partial charge in [0, 0.05) is 18.0 Å². The fraction of sp³-hybridized carbons (Fsp3) is 0.529. The number of carboxylic acids is 1. The van der Waals surface area contributed by atoms with E-state index in [9.17, 15) is 28.6 Å². The highest BCUT2D eigenvalue weighted by Crippen LogP contribution is 2.38. The third-order valence-corrected chi connectivity index (χ3v) is 9.42. The minimum Gasteiger partial charge on any atom is -0.477 e. The number of halogens is 3. The van der Waals surface area contributed by atoms with Gasteiger partial charge in [0.15, 0.2) is 0 Å². The number of pyridine rings is 1. The molecule has 0 aliphatic heterocycles. The van der Waals surface area contributed by atoms with E-state index < -0.39 is 34.6 Å². The van der Waals surface area contributed by atoms with Gasteiger partial charge in [-0.1, -0.05) is 102 Å². The molecule has 2 aliphatic rings. The maximum atomic E-state index is 14.9. The summed E-state index contributed by atoms with van der Waals surface area (Å²) in [5, 5.41) is 19.1. The number of aliphatic hydroxyl groups excluding tert-OH is 1. The van der Waals surface area contributed by atoms with E-state index in [-0.39, 0.29) is 52.1 Å². The van der Waals surface area contributed by atoms with Gasteiger partial charge >= 0.3 is 5.97 Å². The Morgan fingerprint density at radius 1 is 0.977 bits per heavy atom. The number of aromatic nitrogens is 1. The highest BCUT2D eigenvalue weighted by atomic mass is 35.5. The van der Waals surface area contributed by atoms with E-state index in [1.54, 1.807) is 25.7 Å². The number of fused-ring (bicyclic) bond motifs is 1. The highest BCUT2D eigenvalue weighted by molar-refractivity contribution is 6.30. The Hall–Kier alpha value is -2.81. The van der Waals surface area contributed by atoms with Crippen LogP contribution in [0.25, 0.3) is 10.9 Å². The monoisotopic (exact) mass is 618 g/mol. The predicted octanol–water partition coefficient (Wildman–Crippen LogP) is 8.72. The maximum absolute atomic E-state index is 14.9. The van der Waals surface area contributed by atoms with Crippen molar-refractivity contribution in [3.63, 3.8) is 0 Å². The Labute approximate surface area is 257 Å². The number of hydrogen-bond donors (Lipinski definition) is 3. The van der Waals surface area contributed by atoms with Gasteiger partial charge in [0.25, 0.3) is 0 Å². The molecule has 2 aliphatic carbocycles. The van der Waals surface area contributed by atoms with Gasteiger partial charge in [0.1, 0.15) is 17.2 Å². The minimum atomic E-state index is -1.43. The molecule has 0 radical (unpaired) electrons. The Balaban J connectivity index is 0.000000324. The zero-order valence-electron chi connectivity index (χ0n) is 25.3. The van der Waals surface area contributed by atoms with Crippen LogP contribution < -0.4 is 11.6 Å². The van der Waals surface area contributed by atoms with Crippen LogP contribution in [0.1, 0.15) is 106 Å². The van der Waals surface area contributed by atoms with Crippen LogP contribution >= 0.6 is 11.6 Å². The summed E-state index contributed by atoms with van der Waals surface area (Å²) < 4.78 is 30.6. The molecule has 2 fully saturated rings. The summed E-state index contributed by atoms with van der Waals surface area (Å²) in [5.74, 6) is -0.638. The first-order chi connectivity index (χ1) is 20.1. The maximum Gasteiger partial charge on any atom is 0.341 e. The van der Waals surface area contributed by atoms with Gasteiger partial charge in [-0.3, -0.25) is 4.79 Å². The number of aromatic carboxylic acids is 1. The SMILES string of the molecule is C1CCC(C2CCCCC2)CC1.CC(C)[C@@H](CO)n1cc(C(=O)O)c(=O)c2cc(Cc3cccc(Cl)c3F)c(F)cc21.N. The molecular weight excluding hydrogens is 574 g/mol. The fourth-order valence-electron chi connectivity index (χ4n) is 6.70. The second kappa shape index (κ2) is 15.8. The summed E-state index contributed by atoms with van der Waals surface area (Å²) >= 11 is 5.79. The van der Waals surface area contributed by atoms with Crippen LogP contribution in [0, 0.1) is 29.4 Å². The summed E-state index contributed by atoms with van der Waals surface area (Å²) in [7, 11) is 0. The van der Waals surface area contributed by atoms with Gasteiger partial charge in [-0.15, -0.1) is 0 Å². The van der Waals surface area contributed by atoms with Gasteiger partial charge in [-0.25, -0.2) is 13.6 Å². The smallest absolute Gasteiger partial charge is 0.341 e. The van der Waals surface area contributed by atoms with Crippen LogP contribution in [0.3, 0.4) is 0 Å². The lowest BCUT2D eigenvalue weighted by Crippen LogP contribution is -2.25. The first-order valence-electron chi connectivity index (χ1n) is 15.3. The van der Waals surface area contributed by atoms with Crippen LogP contribution in [0.2, 0.25) is 5.02 Å². The van der Waals surface area contributed by atoms with Crippen molar-refractivity contribution in [2.45, 2.75) is 90.5 Å². The Morgan fingerprint density at radius 2 is 1.56 bits per heavy atom. The van der Waals surface area contributed by atoms with Gasteiger partial charge in [-0.2, -0.15) is 0 Å². The number of rotatable bonds is 7. The van der Waals surface area contributed by atoms with Crippen LogP contribution in [-0.2, 0) is 6.42 Å². The topological polar surface area (TPSA) is 115 Å². The molecule has 0 saturated heterocycles. The minimum absolute atomic E-state index is 0. The lowest BCUT2D eigenvalue weighted by molar-refractivity contribution is 0.0694. The van der Waals surface area contributed by atoms with E-state index >= 15 is 0 Å². The second-order valence-electron chi connectivity index (χ2n) is 12.2. The molecule has 0 spiro atoms. The van der Waals surface area contributed by atoms with E-state index in [2.05, 4.69) is 0 Å². The molecule has 6 nitrogen and oxygen atoms in total. The molecule has 1 atom stereocenters. The number of benzene rings is 2. The van der Waals surface area contributed by atoms with Crippen molar-refractivity contribution in [2.75, 3.05) is 6.61 Å². The van der Waals surface area contributed by atoms with E-state index in [1.165, 1.54) is 67.4 Å². The third kappa shape index (κ3) is 8.22. The molecule has 43 heavy (non-hydrogen) atoms. The number of carboxylic acid groups (broad SMARTS) is 1. The van der Waals surface area contributed by atoms with Crippen molar-refractivity contribution < 1.29 is 23.8 Å². The second-order valence-corrected chi connectivity index (χ2v) is 12.6. The summed E-state index contributed by atoms with van der Waals surface area (Å²) in [5.41, 5.74) is -0.938. The van der Waals surface area contributed by atoms with Gasteiger partial charge in [0.05, 0.1) is 23.2 Å². The Bertz CT molecular complexity index is 1430. The van der Waals surface area contributed by atoms with Crippen LogP contribution in [0.15, 0.2) is 41.3 Å². The quantitative estimate of drug-likeness (QED) is 0.245. The van der Waals surface area contributed by atoms with Crippen molar-refractivity contribution in [3.05, 3.63) is 80.1 Å². The molecular formula is C34H45ClF2N2O4. The molecule has 5 N–H and O–H groups in total. The molecule has 3 aromatic rings. The molecule has 2 aromatic carbocycles. The molecule has 0 amide bonds. The molecule has 5 rings (SSSR count). The van der Waals surface area contributed by atoms with E-state index in [0.717, 1.165) is 24.1 Å². The lowest BCUT2D eigenvalue weighted by Gasteiger charge is -2.32. The zero-order valence-corrected chi connectivity index (χ0v) is 26.0. The molecule has 236 valence electrons. The zero-order chi connectivity index (χ0) is 30.4. The largest absolute Gasteiger partial charge is 0.477 e. The van der Waals surface area contributed by atoms with Gasteiger partial charge in [0.2, 0.25) is 5.43 Å². The first-order valence-corrected chi connectivity index (χ1v) is 15.6. The van der Waals surface area contributed by atoms with Crippen molar-refractivity contribution >= 4 is 28.5 Å². The number of aliphatic hydroxyl groups is 1. The molecule has 0 bridgehead atoms. The number of nitrogens with zero attached hydrogens (tertiary/aromatic N) is 1. The Morgan fingerprint density at radius 3 is 2.07 bits per heavy atom. The number of carbonyl (C=O) groups is 1. The van der Waals surface area contributed by atoms with Crippen LogP contribution in [-0.4, -0.2) is 27.4 Å². The van der Waals surface area contributed by atoms with Crippen molar-refractivity contribution in [1.29, 1.82) is 0 Å². The fourth-order valence-corrected chi connectivity index (χ4v) is 6.89. The summed E-state index contributed by atoms with van der Waals surface area (Å²) in [6.07, 6.45) is 16.4. The summed E-state index contributed by atoms with van der Waals surface area (Å²) in [6, 6.07) is 6.15. The predicted molar refractivity (Wildman–Crippen MR) is 168 cm³/mol. The molecule has 1 heterocycles. The summed E-state index contributed by atoms with van der Waals surface area (Å²) in [6.45, 7) is 3.31. The van der Waals surface area contributed by atoms with Crippen molar-refractivity contribution in [1.82, 2.24) is 10.7 Å². The van der Waals surface area contributed by atoms with Gasteiger partial charge in [-0.05, 0) is 47.1 Å². The average molecular weight is 619 g/mol. The number of hydrogen-bond acceptors (Lipinski definition) is 4. The molecule has 1 aromatic heterocycles. The highest BCUT2D eigenvalue weighted by Gasteiger charge is 2.25. The van der Waals surface area contributed by atoms with E-state index in [1.807, 2.05) is 13.8 Å². The van der Waals surface area contributed by atoms with E-state index in [4.69, 9.17) is 11.6 Å². The standard InChI is InChI=1S/C22H20ClF2NO4.C12H22.H3N/c1-11(2)19(10-27)26-9-15(22(29)30)21(28)14-7-13(17(24)8-18(14)26)6-12-4-3-5-16(23)20(12)25;1-3-7-11(8-4-1)12-9-5-2-6-10-12;/h3-5,7-9,11,19,27H,6,10H2,1-2H3,(H,29,30);11-12H,1-10H2;1H3/t19-;;/m1../s1. The van der Waals surface area contributed by atoms with Gasteiger partial charge < -0.3 is 20.9 Å². The molecule has 0 unspecified atom stereocenters. The van der Waals surface area contributed by atoms with Crippen molar-refractivity contribution in [2.24, 2.45) is 17.8 Å².